The summed E-state index contributed by atoms with van der Waals surface area (Å²) in [5, 5.41) is 2.84. The molecule has 1 atom stereocenters. The van der Waals surface area contributed by atoms with E-state index in [0.717, 1.165) is 11.3 Å². The lowest BCUT2D eigenvalue weighted by Crippen LogP contribution is -2.28. The van der Waals surface area contributed by atoms with Crippen molar-refractivity contribution in [3.63, 3.8) is 0 Å². The molecule has 1 unspecified atom stereocenters. The van der Waals surface area contributed by atoms with Crippen LogP contribution in [0.4, 0.5) is 5.69 Å². The summed E-state index contributed by atoms with van der Waals surface area (Å²) in [5.41, 5.74) is 7.28. The highest BCUT2D eigenvalue weighted by Gasteiger charge is 2.11. The Morgan fingerprint density at radius 1 is 1.38 bits per heavy atom. The molecule has 0 spiro atoms. The Morgan fingerprint density at radius 2 is 2.10 bits per heavy atom. The van der Waals surface area contributed by atoms with Crippen molar-refractivity contribution in [3.05, 3.63) is 29.8 Å². The first-order chi connectivity index (χ1) is 9.55. The SMILES string of the molecule is COC(CN)CC(=O)Nc1cccc(COC(C)C)c1.Cl. The molecule has 0 bridgehead atoms. The lowest BCUT2D eigenvalue weighted by molar-refractivity contribution is -0.118. The average Bonchev–Trinajstić information content (AvgIpc) is 2.43. The molecule has 0 aromatic heterocycles. The van der Waals surface area contributed by atoms with Gasteiger partial charge in [0.05, 0.1) is 25.2 Å². The van der Waals surface area contributed by atoms with Gasteiger partial charge in [-0.05, 0) is 31.5 Å². The van der Waals surface area contributed by atoms with E-state index >= 15 is 0 Å². The number of anilines is 1. The molecule has 0 aliphatic heterocycles. The lowest BCUT2D eigenvalue weighted by atomic mass is 10.2. The van der Waals surface area contributed by atoms with Gasteiger partial charge in [-0.3, -0.25) is 4.79 Å². The second kappa shape index (κ2) is 10.6. The monoisotopic (exact) mass is 316 g/mol. The molecule has 5 nitrogen and oxygen atoms in total. The van der Waals surface area contributed by atoms with Crippen molar-refractivity contribution >= 4 is 24.0 Å². The number of carbonyl (C=O) groups is 1. The second-order valence-corrected chi connectivity index (χ2v) is 4.91. The van der Waals surface area contributed by atoms with E-state index in [1.165, 1.54) is 0 Å². The van der Waals surface area contributed by atoms with E-state index in [2.05, 4.69) is 5.32 Å². The van der Waals surface area contributed by atoms with Gasteiger partial charge in [0.2, 0.25) is 5.91 Å². The number of halogens is 1. The molecule has 0 aliphatic carbocycles. The Hall–Kier alpha value is -1.14. The molecular weight excluding hydrogens is 292 g/mol. The molecule has 1 aromatic rings. The molecule has 0 saturated heterocycles. The fraction of sp³-hybridized carbons (Fsp3) is 0.533. The predicted molar refractivity (Wildman–Crippen MR) is 86.7 cm³/mol. The fourth-order valence-electron chi connectivity index (χ4n) is 1.68. The van der Waals surface area contributed by atoms with E-state index in [0.29, 0.717) is 13.2 Å². The normalized spacial score (nSPS) is 11.9. The Bertz CT molecular complexity index is 423. The van der Waals surface area contributed by atoms with E-state index in [4.69, 9.17) is 15.2 Å². The number of carbonyl (C=O) groups excluding carboxylic acids is 1. The van der Waals surface area contributed by atoms with Crippen LogP contribution in [0.15, 0.2) is 24.3 Å². The molecule has 6 heteroatoms. The quantitative estimate of drug-likeness (QED) is 0.772. The van der Waals surface area contributed by atoms with E-state index < -0.39 is 0 Å². The number of amides is 1. The number of nitrogens with two attached hydrogens (primary N) is 1. The molecule has 0 heterocycles. The lowest BCUT2D eigenvalue weighted by Gasteiger charge is -2.13. The van der Waals surface area contributed by atoms with Gasteiger partial charge < -0.3 is 20.5 Å². The Morgan fingerprint density at radius 3 is 2.67 bits per heavy atom. The van der Waals surface area contributed by atoms with Crippen LogP contribution in [-0.4, -0.2) is 31.8 Å². The first-order valence-corrected chi connectivity index (χ1v) is 6.78. The first-order valence-electron chi connectivity index (χ1n) is 6.78. The van der Waals surface area contributed by atoms with Crippen LogP contribution in [0.25, 0.3) is 0 Å². The van der Waals surface area contributed by atoms with Crippen molar-refractivity contribution in [3.8, 4) is 0 Å². The number of nitrogens with one attached hydrogen (secondary N) is 1. The highest BCUT2D eigenvalue weighted by Crippen LogP contribution is 2.13. The zero-order valence-electron chi connectivity index (χ0n) is 12.8. The van der Waals surface area contributed by atoms with Crippen LogP contribution in [0.2, 0.25) is 0 Å². The minimum Gasteiger partial charge on any atom is -0.380 e. The highest BCUT2D eigenvalue weighted by atomic mass is 35.5. The highest BCUT2D eigenvalue weighted by molar-refractivity contribution is 5.91. The van der Waals surface area contributed by atoms with Gasteiger partial charge in [0.15, 0.2) is 0 Å². The van der Waals surface area contributed by atoms with Crippen molar-refractivity contribution in [1.29, 1.82) is 0 Å². The number of hydrogen-bond acceptors (Lipinski definition) is 4. The summed E-state index contributed by atoms with van der Waals surface area (Å²) in [7, 11) is 1.55. The molecule has 1 amide bonds. The van der Waals surface area contributed by atoms with Gasteiger partial charge in [0, 0.05) is 19.3 Å². The third kappa shape index (κ3) is 8.02. The average molecular weight is 317 g/mol. The maximum absolute atomic E-state index is 11.8. The zero-order valence-corrected chi connectivity index (χ0v) is 13.6. The van der Waals surface area contributed by atoms with Crippen LogP contribution < -0.4 is 11.1 Å². The van der Waals surface area contributed by atoms with Crippen LogP contribution in [0, 0.1) is 0 Å². The van der Waals surface area contributed by atoms with Crippen molar-refractivity contribution in [1.82, 2.24) is 0 Å². The van der Waals surface area contributed by atoms with Gasteiger partial charge in [-0.15, -0.1) is 12.4 Å². The molecule has 0 fully saturated rings. The van der Waals surface area contributed by atoms with Crippen LogP contribution >= 0.6 is 12.4 Å². The molecule has 0 aliphatic rings. The fourth-order valence-corrected chi connectivity index (χ4v) is 1.68. The molecule has 3 N–H and O–H groups in total. The molecule has 21 heavy (non-hydrogen) atoms. The molecule has 120 valence electrons. The Balaban J connectivity index is 0.00000400. The Kier molecular flexibility index (Phi) is 9.99. The topological polar surface area (TPSA) is 73.6 Å². The van der Waals surface area contributed by atoms with Gasteiger partial charge in [-0.25, -0.2) is 0 Å². The van der Waals surface area contributed by atoms with Crippen molar-refractivity contribution in [2.75, 3.05) is 19.0 Å². The van der Waals surface area contributed by atoms with E-state index in [1.807, 2.05) is 38.1 Å². The van der Waals surface area contributed by atoms with Gasteiger partial charge >= 0.3 is 0 Å². The van der Waals surface area contributed by atoms with Gasteiger partial charge in [0.25, 0.3) is 0 Å². The summed E-state index contributed by atoms with van der Waals surface area (Å²) in [6, 6.07) is 7.62. The predicted octanol–water partition coefficient (Wildman–Crippen LogP) is 2.34. The van der Waals surface area contributed by atoms with Crippen molar-refractivity contribution in [2.45, 2.75) is 39.1 Å². The van der Waals surface area contributed by atoms with Gasteiger partial charge in [-0.2, -0.15) is 0 Å². The van der Waals surface area contributed by atoms with Crippen LogP contribution in [0.5, 0.6) is 0 Å². The molecule has 1 aromatic carbocycles. The number of hydrogen-bond donors (Lipinski definition) is 2. The first kappa shape index (κ1) is 19.9. The van der Waals surface area contributed by atoms with Crippen LogP contribution in [0.3, 0.4) is 0 Å². The molecule has 1 rings (SSSR count). The van der Waals surface area contributed by atoms with Gasteiger partial charge in [0.1, 0.15) is 0 Å². The smallest absolute Gasteiger partial charge is 0.227 e. The zero-order chi connectivity index (χ0) is 15.0. The molecular formula is C15H25ClN2O3. The van der Waals surface area contributed by atoms with Crippen LogP contribution in [0.1, 0.15) is 25.8 Å². The van der Waals surface area contributed by atoms with Crippen molar-refractivity contribution in [2.24, 2.45) is 5.73 Å². The van der Waals surface area contributed by atoms with E-state index in [-0.39, 0.29) is 36.9 Å². The largest absolute Gasteiger partial charge is 0.380 e. The number of ether oxygens (including phenoxy) is 2. The summed E-state index contributed by atoms with van der Waals surface area (Å²) in [6.45, 7) is 4.84. The third-order valence-electron chi connectivity index (χ3n) is 2.80. The van der Waals surface area contributed by atoms with Gasteiger partial charge in [-0.1, -0.05) is 12.1 Å². The standard InChI is InChI=1S/C15H24N2O3.ClH/c1-11(2)20-10-12-5-4-6-13(7-12)17-15(18)8-14(9-16)19-3;/h4-7,11,14H,8-10,16H2,1-3H3,(H,17,18);1H. The third-order valence-corrected chi connectivity index (χ3v) is 2.80. The second-order valence-electron chi connectivity index (χ2n) is 4.91. The maximum atomic E-state index is 11.8. The number of methoxy groups -OCH3 is 1. The summed E-state index contributed by atoms with van der Waals surface area (Å²) < 4.78 is 10.6. The van der Waals surface area contributed by atoms with Crippen LogP contribution in [-0.2, 0) is 20.9 Å². The minimum absolute atomic E-state index is 0. The number of benzene rings is 1. The van der Waals surface area contributed by atoms with E-state index in [9.17, 15) is 4.79 Å². The Labute approximate surface area is 132 Å². The minimum atomic E-state index is -0.248. The molecule has 0 radical (unpaired) electrons. The summed E-state index contributed by atoms with van der Waals surface area (Å²) >= 11 is 0. The summed E-state index contributed by atoms with van der Waals surface area (Å²) in [5.74, 6) is -0.107. The summed E-state index contributed by atoms with van der Waals surface area (Å²) in [6.07, 6.45) is 0.183. The van der Waals surface area contributed by atoms with E-state index in [1.54, 1.807) is 7.11 Å². The molecule has 0 saturated carbocycles. The summed E-state index contributed by atoms with van der Waals surface area (Å²) in [4.78, 5) is 11.8. The number of rotatable bonds is 8. The maximum Gasteiger partial charge on any atom is 0.227 e. The van der Waals surface area contributed by atoms with Crippen molar-refractivity contribution < 1.29 is 14.3 Å².